The van der Waals surface area contributed by atoms with Crippen LogP contribution in [0.5, 0.6) is 0 Å². The Bertz CT molecular complexity index is 249. The van der Waals surface area contributed by atoms with Gasteiger partial charge in [-0.2, -0.15) is 0 Å². The van der Waals surface area contributed by atoms with Gasteiger partial charge in [0.25, 0.3) is 0 Å². The molecule has 4 nitrogen and oxygen atoms in total. The SMILES string of the molecule is CC\C(=C/C(N)=C(\C=C\N)OC)OC. The molecule has 0 spiro atoms. The molecule has 0 saturated carbocycles. The number of nitrogens with two attached hydrogens (primary N) is 2. The Hall–Kier alpha value is -1.58. The van der Waals surface area contributed by atoms with Gasteiger partial charge in [-0.25, -0.2) is 0 Å². The molecule has 0 aromatic rings. The Morgan fingerprint density at radius 1 is 1.29 bits per heavy atom. The zero-order valence-electron chi connectivity index (χ0n) is 8.91. The molecule has 80 valence electrons. The van der Waals surface area contributed by atoms with Gasteiger partial charge in [0, 0.05) is 12.5 Å². The molecule has 0 fully saturated rings. The average molecular weight is 198 g/mol. The van der Waals surface area contributed by atoms with Gasteiger partial charge in [0.2, 0.25) is 0 Å². The molecule has 0 aromatic carbocycles. The summed E-state index contributed by atoms with van der Waals surface area (Å²) in [5.74, 6) is 1.32. The first kappa shape index (κ1) is 12.4. The molecule has 0 aromatic heterocycles. The molecule has 4 N–H and O–H groups in total. The summed E-state index contributed by atoms with van der Waals surface area (Å²) in [4.78, 5) is 0. The van der Waals surface area contributed by atoms with E-state index in [1.54, 1.807) is 19.3 Å². The summed E-state index contributed by atoms with van der Waals surface area (Å²) in [6.45, 7) is 1.98. The smallest absolute Gasteiger partial charge is 0.143 e. The maximum absolute atomic E-state index is 5.76. The summed E-state index contributed by atoms with van der Waals surface area (Å²) in [5.41, 5.74) is 11.5. The minimum atomic E-state index is 0.493. The fourth-order valence-corrected chi connectivity index (χ4v) is 0.919. The largest absolute Gasteiger partial charge is 0.501 e. The van der Waals surface area contributed by atoms with Gasteiger partial charge < -0.3 is 20.9 Å². The van der Waals surface area contributed by atoms with E-state index in [0.717, 1.165) is 12.2 Å². The van der Waals surface area contributed by atoms with Crippen molar-refractivity contribution in [3.05, 3.63) is 35.6 Å². The number of rotatable bonds is 5. The number of ether oxygens (including phenoxy) is 2. The molecular weight excluding hydrogens is 180 g/mol. The molecule has 0 saturated heterocycles. The van der Waals surface area contributed by atoms with Crippen molar-refractivity contribution >= 4 is 0 Å². The van der Waals surface area contributed by atoms with Crippen LogP contribution in [0.15, 0.2) is 35.6 Å². The summed E-state index contributed by atoms with van der Waals surface area (Å²) < 4.78 is 10.1. The van der Waals surface area contributed by atoms with Crippen molar-refractivity contribution in [1.29, 1.82) is 0 Å². The molecule has 0 aliphatic rings. The Morgan fingerprint density at radius 3 is 2.29 bits per heavy atom. The van der Waals surface area contributed by atoms with Gasteiger partial charge in [0.1, 0.15) is 5.76 Å². The van der Waals surface area contributed by atoms with Crippen LogP contribution in [0.3, 0.4) is 0 Å². The summed E-state index contributed by atoms with van der Waals surface area (Å²) in [6, 6.07) is 0. The first-order valence-electron chi connectivity index (χ1n) is 4.36. The van der Waals surface area contributed by atoms with Crippen LogP contribution in [0, 0.1) is 0 Å². The first-order chi connectivity index (χ1) is 6.69. The second-order valence-corrected chi connectivity index (χ2v) is 2.55. The summed E-state index contributed by atoms with van der Waals surface area (Å²) in [7, 11) is 3.14. The van der Waals surface area contributed by atoms with Crippen molar-refractivity contribution in [2.45, 2.75) is 13.3 Å². The summed E-state index contributed by atoms with van der Waals surface area (Å²) in [6.07, 6.45) is 5.46. The minimum Gasteiger partial charge on any atom is -0.501 e. The molecule has 0 aliphatic carbocycles. The van der Waals surface area contributed by atoms with Gasteiger partial charge in [-0.15, -0.1) is 0 Å². The van der Waals surface area contributed by atoms with E-state index in [9.17, 15) is 0 Å². The van der Waals surface area contributed by atoms with Gasteiger partial charge in [-0.05, 0) is 12.3 Å². The number of hydrogen-bond acceptors (Lipinski definition) is 4. The standard InChI is InChI=1S/C10H18N2O2/c1-4-8(13-2)7-9(12)10(14-3)5-6-11/h5-7H,4,11-12H2,1-3H3/b6-5+,8-7+,10-9-. The molecule has 0 unspecified atom stereocenters. The molecule has 0 heterocycles. The Labute approximate surface area is 84.9 Å². The van der Waals surface area contributed by atoms with Crippen LogP contribution >= 0.6 is 0 Å². The topological polar surface area (TPSA) is 70.5 Å². The van der Waals surface area contributed by atoms with Gasteiger partial charge in [0.05, 0.1) is 25.7 Å². The van der Waals surface area contributed by atoms with E-state index in [4.69, 9.17) is 20.9 Å². The molecule has 0 aliphatic heterocycles. The zero-order chi connectivity index (χ0) is 11.0. The van der Waals surface area contributed by atoms with Crippen molar-refractivity contribution in [2.75, 3.05) is 14.2 Å². The Morgan fingerprint density at radius 2 is 1.93 bits per heavy atom. The second-order valence-electron chi connectivity index (χ2n) is 2.55. The quantitative estimate of drug-likeness (QED) is 0.514. The van der Waals surface area contributed by atoms with E-state index < -0.39 is 0 Å². The van der Waals surface area contributed by atoms with Crippen LogP contribution in [0.1, 0.15) is 13.3 Å². The highest BCUT2D eigenvalue weighted by atomic mass is 16.5. The van der Waals surface area contributed by atoms with Crippen molar-refractivity contribution < 1.29 is 9.47 Å². The maximum Gasteiger partial charge on any atom is 0.143 e. The lowest BCUT2D eigenvalue weighted by Gasteiger charge is -2.06. The Kier molecular flexibility index (Phi) is 6.11. The zero-order valence-corrected chi connectivity index (χ0v) is 8.91. The lowest BCUT2D eigenvalue weighted by molar-refractivity contribution is 0.278. The summed E-state index contributed by atoms with van der Waals surface area (Å²) in [5, 5.41) is 0. The van der Waals surface area contributed by atoms with Gasteiger partial charge >= 0.3 is 0 Å². The van der Waals surface area contributed by atoms with E-state index in [2.05, 4.69) is 0 Å². The molecule has 0 atom stereocenters. The van der Waals surface area contributed by atoms with E-state index in [0.29, 0.717) is 11.5 Å². The van der Waals surface area contributed by atoms with Crippen LogP contribution in [0.25, 0.3) is 0 Å². The number of methoxy groups -OCH3 is 2. The van der Waals surface area contributed by atoms with Crippen molar-refractivity contribution in [3.8, 4) is 0 Å². The van der Waals surface area contributed by atoms with Crippen molar-refractivity contribution in [1.82, 2.24) is 0 Å². The van der Waals surface area contributed by atoms with Gasteiger partial charge in [0.15, 0.2) is 0 Å². The van der Waals surface area contributed by atoms with E-state index in [-0.39, 0.29) is 0 Å². The molecule has 0 amide bonds. The predicted molar refractivity (Wildman–Crippen MR) is 56.9 cm³/mol. The highest BCUT2D eigenvalue weighted by Crippen LogP contribution is 2.08. The fraction of sp³-hybridized carbons (Fsp3) is 0.400. The third-order valence-electron chi connectivity index (χ3n) is 1.68. The van der Waals surface area contributed by atoms with Gasteiger partial charge in [-0.3, -0.25) is 0 Å². The first-order valence-corrected chi connectivity index (χ1v) is 4.36. The van der Waals surface area contributed by atoms with Crippen LogP contribution < -0.4 is 11.5 Å². The third kappa shape index (κ3) is 3.89. The van der Waals surface area contributed by atoms with Crippen LogP contribution in [0.4, 0.5) is 0 Å². The lowest BCUT2D eigenvalue weighted by atomic mass is 10.2. The molecule has 0 rings (SSSR count). The van der Waals surface area contributed by atoms with Crippen molar-refractivity contribution in [2.24, 2.45) is 11.5 Å². The normalized spacial score (nSPS) is 14.1. The van der Waals surface area contributed by atoms with Crippen LogP contribution in [-0.2, 0) is 9.47 Å². The van der Waals surface area contributed by atoms with Crippen LogP contribution in [0.2, 0.25) is 0 Å². The lowest BCUT2D eigenvalue weighted by Crippen LogP contribution is -2.02. The van der Waals surface area contributed by atoms with Crippen LogP contribution in [-0.4, -0.2) is 14.2 Å². The van der Waals surface area contributed by atoms with Crippen molar-refractivity contribution in [3.63, 3.8) is 0 Å². The molecule has 14 heavy (non-hydrogen) atoms. The fourth-order valence-electron chi connectivity index (χ4n) is 0.919. The monoisotopic (exact) mass is 198 g/mol. The van der Waals surface area contributed by atoms with E-state index in [1.165, 1.54) is 13.3 Å². The predicted octanol–water partition coefficient (Wildman–Crippen LogP) is 1.22. The molecule has 4 heteroatoms. The second kappa shape index (κ2) is 6.88. The molecule has 0 bridgehead atoms. The van der Waals surface area contributed by atoms with E-state index >= 15 is 0 Å². The average Bonchev–Trinajstić information content (AvgIpc) is 2.22. The molecular formula is C10H18N2O2. The minimum absolute atomic E-state index is 0.493. The molecule has 0 radical (unpaired) electrons. The highest BCUT2D eigenvalue weighted by molar-refractivity contribution is 5.27. The number of hydrogen-bond donors (Lipinski definition) is 2. The Balaban J connectivity index is 4.85. The number of allylic oxidation sites excluding steroid dienone is 3. The third-order valence-corrected chi connectivity index (χ3v) is 1.68. The highest BCUT2D eigenvalue weighted by Gasteiger charge is 1.99. The summed E-state index contributed by atoms with van der Waals surface area (Å²) >= 11 is 0. The van der Waals surface area contributed by atoms with E-state index in [1.807, 2.05) is 6.92 Å². The maximum atomic E-state index is 5.76. The van der Waals surface area contributed by atoms with Gasteiger partial charge in [-0.1, -0.05) is 6.92 Å².